The molecule has 3 aromatic rings. The molecule has 2 N–H and O–H groups in total. The van der Waals surface area contributed by atoms with Crippen molar-refractivity contribution in [2.75, 3.05) is 0 Å². The van der Waals surface area contributed by atoms with E-state index in [2.05, 4.69) is 14.8 Å². The van der Waals surface area contributed by atoms with Crippen molar-refractivity contribution in [2.24, 2.45) is 0 Å². The number of aryl methyl sites for hydroxylation is 1. The first-order valence-corrected chi connectivity index (χ1v) is 10.3. The summed E-state index contributed by atoms with van der Waals surface area (Å²) in [5.74, 6) is 0. The number of carbonyl (C=O) groups excluding carboxylic acids is 1. The van der Waals surface area contributed by atoms with Gasteiger partial charge in [-0.15, -0.1) is 0 Å². The number of alkyl halides is 3. The van der Waals surface area contributed by atoms with E-state index in [1.54, 1.807) is 24.3 Å². The Balaban J connectivity index is 0. The van der Waals surface area contributed by atoms with Gasteiger partial charge < -0.3 is 25.5 Å². The van der Waals surface area contributed by atoms with E-state index in [-0.39, 0.29) is 86.3 Å². The van der Waals surface area contributed by atoms with Gasteiger partial charge in [-0.3, -0.25) is 0 Å². The number of aromatic nitrogens is 2. The third-order valence-electron chi connectivity index (χ3n) is 4.19. The molecular formula is C20H18F3N3Na2O6S-2. The molecule has 0 bridgehead atoms. The Morgan fingerprint density at radius 1 is 1.06 bits per heavy atom. The quantitative estimate of drug-likeness (QED) is 0.186. The fourth-order valence-electron chi connectivity index (χ4n) is 2.59. The molecule has 35 heavy (non-hydrogen) atoms. The van der Waals surface area contributed by atoms with Gasteiger partial charge in [0.2, 0.25) is 0 Å². The molecule has 0 saturated heterocycles. The summed E-state index contributed by atoms with van der Waals surface area (Å²) < 4.78 is 65.2. The molecule has 0 aliphatic rings. The first-order valence-electron chi connectivity index (χ1n) is 8.87. The topological polar surface area (TPSA) is 152 Å². The monoisotopic (exact) mass is 531 g/mol. The molecule has 0 radical (unpaired) electrons. The molecule has 9 nitrogen and oxygen atoms in total. The van der Waals surface area contributed by atoms with E-state index >= 15 is 0 Å². The predicted octanol–water partition coefficient (Wildman–Crippen LogP) is -2.58. The van der Waals surface area contributed by atoms with Crippen LogP contribution in [0, 0.1) is 6.92 Å². The molecule has 1 heterocycles. The van der Waals surface area contributed by atoms with Gasteiger partial charge in [0.1, 0.15) is 10.0 Å². The summed E-state index contributed by atoms with van der Waals surface area (Å²) in [5, 5.41) is 3.66. The standard InChI is InChI=1S/C20H16F3N3O4S.2Na.H2O.O/c1-13-3-5-15(6-4-13)18-11-19(20(21,22)23)24-26(18)16-7-9-17(10-8-16)31(28,29)25-30-14(2)12-27;;;;/h3-11,14H,1-2H3;;;1H2;/q-2;2*+1;;-2. The largest absolute Gasteiger partial charge is 2.00 e. The van der Waals surface area contributed by atoms with Crippen LogP contribution in [0.4, 0.5) is 13.2 Å². The summed E-state index contributed by atoms with van der Waals surface area (Å²) >= 11 is 0. The van der Waals surface area contributed by atoms with Gasteiger partial charge in [-0.2, -0.15) is 18.3 Å². The van der Waals surface area contributed by atoms with E-state index in [0.717, 1.165) is 28.4 Å². The first kappa shape index (κ1) is 36.1. The van der Waals surface area contributed by atoms with Crippen LogP contribution in [0.3, 0.4) is 0 Å². The van der Waals surface area contributed by atoms with Crippen molar-refractivity contribution in [1.82, 2.24) is 9.78 Å². The Morgan fingerprint density at radius 3 is 2.09 bits per heavy atom. The second kappa shape index (κ2) is 14.6. The van der Waals surface area contributed by atoms with E-state index in [0.29, 0.717) is 5.56 Å². The number of hydrogen-bond donors (Lipinski definition) is 0. The van der Waals surface area contributed by atoms with Crippen LogP contribution in [0.5, 0.6) is 0 Å². The second-order valence-corrected chi connectivity index (χ2v) is 8.17. The van der Waals surface area contributed by atoms with Crippen molar-refractivity contribution >= 4 is 16.3 Å². The molecule has 0 spiro atoms. The number of benzene rings is 2. The van der Waals surface area contributed by atoms with Crippen molar-refractivity contribution in [3.63, 3.8) is 0 Å². The number of hydrogen-bond acceptors (Lipinski definition) is 5. The van der Waals surface area contributed by atoms with Crippen molar-refractivity contribution in [1.29, 1.82) is 0 Å². The van der Waals surface area contributed by atoms with Gasteiger partial charge in [0, 0.05) is 5.56 Å². The molecule has 0 amide bonds. The van der Waals surface area contributed by atoms with Gasteiger partial charge in [0.25, 0.3) is 0 Å². The fourth-order valence-corrected chi connectivity index (χ4v) is 3.40. The summed E-state index contributed by atoms with van der Waals surface area (Å²) in [7, 11) is -4.24. The van der Waals surface area contributed by atoms with Crippen LogP contribution in [0.1, 0.15) is 18.2 Å². The first-order chi connectivity index (χ1) is 14.5. The summed E-state index contributed by atoms with van der Waals surface area (Å²) in [6.07, 6.45) is -4.40. The van der Waals surface area contributed by atoms with Crippen LogP contribution in [0.15, 0.2) is 59.5 Å². The van der Waals surface area contributed by atoms with Crippen molar-refractivity contribution < 1.29 is 101 Å². The average Bonchev–Trinajstić information content (AvgIpc) is 3.18. The zero-order valence-corrected chi connectivity index (χ0v) is 24.0. The fraction of sp³-hybridized carbons (Fsp3) is 0.200. The second-order valence-electron chi connectivity index (χ2n) is 6.60. The van der Waals surface area contributed by atoms with Crippen LogP contribution in [0.2, 0.25) is 0 Å². The molecule has 1 aromatic heterocycles. The Labute approximate surface area is 244 Å². The molecule has 1 atom stereocenters. The number of nitrogens with zero attached hydrogens (tertiary/aromatic N) is 3. The van der Waals surface area contributed by atoms with Crippen LogP contribution >= 0.6 is 0 Å². The van der Waals surface area contributed by atoms with Crippen molar-refractivity contribution in [2.45, 2.75) is 31.0 Å². The Hall–Kier alpha value is -1.10. The van der Waals surface area contributed by atoms with E-state index in [1.807, 2.05) is 6.92 Å². The number of halogens is 3. The molecule has 0 fully saturated rings. The Morgan fingerprint density at radius 2 is 1.60 bits per heavy atom. The van der Waals surface area contributed by atoms with Gasteiger partial charge in [-0.1, -0.05) is 42.9 Å². The summed E-state index contributed by atoms with van der Waals surface area (Å²) in [6, 6.07) is 12.7. The van der Waals surface area contributed by atoms with Gasteiger partial charge >= 0.3 is 65.3 Å². The summed E-state index contributed by atoms with van der Waals surface area (Å²) in [4.78, 5) is 17.7. The minimum absolute atomic E-state index is 0. The van der Waals surface area contributed by atoms with E-state index in [1.165, 1.54) is 25.3 Å². The van der Waals surface area contributed by atoms with Crippen molar-refractivity contribution in [3.05, 3.63) is 70.7 Å². The molecule has 15 heteroatoms. The SMILES string of the molecule is Cc1ccc(-c2cc(C(F)(F)F)nn2-c2ccc(S(=O)(=O)[N-]OC(C)[C-]=O)cc2)cc1.O.[Na+].[Na+].[O-2]. The zero-order valence-electron chi connectivity index (χ0n) is 19.2. The smallest absolute Gasteiger partial charge is 1.00 e. The minimum Gasteiger partial charge on any atom is -2.00 e. The third-order valence-corrected chi connectivity index (χ3v) is 5.34. The normalized spacial score (nSPS) is 11.7. The minimum atomic E-state index is -4.66. The van der Waals surface area contributed by atoms with Gasteiger partial charge in [0.15, 0.2) is 5.69 Å². The average molecular weight is 531 g/mol. The van der Waals surface area contributed by atoms with Gasteiger partial charge in [-0.25, -0.2) is 19.4 Å². The molecule has 0 saturated carbocycles. The maximum atomic E-state index is 13.3. The van der Waals surface area contributed by atoms with Crippen LogP contribution in [0.25, 0.3) is 21.8 Å². The molecule has 180 valence electrons. The van der Waals surface area contributed by atoms with E-state index in [4.69, 9.17) is 0 Å². The van der Waals surface area contributed by atoms with Crippen LogP contribution in [-0.4, -0.2) is 36.1 Å². The Bertz CT molecular complexity index is 1190. The molecule has 0 aliphatic heterocycles. The molecule has 3 rings (SSSR count). The molecule has 2 aromatic carbocycles. The predicted molar refractivity (Wildman–Crippen MR) is 110 cm³/mol. The molecular weight excluding hydrogens is 513 g/mol. The van der Waals surface area contributed by atoms with Crippen molar-refractivity contribution in [3.8, 4) is 16.9 Å². The third kappa shape index (κ3) is 9.05. The van der Waals surface area contributed by atoms with Crippen LogP contribution in [-0.2, 0) is 31.3 Å². The maximum Gasteiger partial charge on any atom is 1.00 e. The number of sulfonamides is 1. The summed E-state index contributed by atoms with van der Waals surface area (Å²) in [6.45, 7) is 3.11. The van der Waals surface area contributed by atoms with Gasteiger partial charge in [0.05, 0.1) is 16.3 Å². The summed E-state index contributed by atoms with van der Waals surface area (Å²) in [5.41, 5.74) is 0.759. The van der Waals surface area contributed by atoms with E-state index < -0.39 is 28.0 Å². The number of rotatable bonds is 7. The zero-order chi connectivity index (χ0) is 22.8. The molecule has 1 unspecified atom stereocenters. The molecule has 0 aliphatic carbocycles. The Kier molecular flexibility index (Phi) is 15.0. The van der Waals surface area contributed by atoms with Gasteiger partial charge in [-0.05, 0) is 37.3 Å². The van der Waals surface area contributed by atoms with Crippen LogP contribution < -0.4 is 59.1 Å². The maximum absolute atomic E-state index is 13.3. The van der Waals surface area contributed by atoms with E-state index in [9.17, 15) is 26.4 Å².